The second-order valence-corrected chi connectivity index (χ2v) is 6.71. The van der Waals surface area contributed by atoms with E-state index < -0.39 is 0 Å². The van der Waals surface area contributed by atoms with Gasteiger partial charge in [-0.2, -0.15) is 0 Å². The number of benzene rings is 2. The molecule has 0 atom stereocenters. The minimum Gasteiger partial charge on any atom is -0.486 e. The second-order valence-electron chi connectivity index (χ2n) is 6.71. The molecule has 2 heterocycles. The zero-order valence-corrected chi connectivity index (χ0v) is 15.1. The molecule has 0 bridgehead atoms. The Hall–Kier alpha value is -3.02. The van der Waals surface area contributed by atoms with Crippen LogP contribution in [-0.4, -0.2) is 31.6 Å². The van der Waals surface area contributed by atoms with E-state index in [1.807, 2.05) is 30.3 Å². The molecular formula is C21H22N2O4. The molecule has 1 fully saturated rings. The molecule has 0 aliphatic carbocycles. The summed E-state index contributed by atoms with van der Waals surface area (Å²) in [5.74, 6) is 1.45. The summed E-state index contributed by atoms with van der Waals surface area (Å²) in [6.07, 6.45) is 2.57. The number of ether oxygens (including phenoxy) is 2. The number of hydrogen-bond acceptors (Lipinski definition) is 4. The number of carbonyl (C=O) groups is 2. The van der Waals surface area contributed by atoms with Crippen LogP contribution in [0.3, 0.4) is 0 Å². The first kappa shape index (κ1) is 17.4. The Kier molecular flexibility index (Phi) is 4.96. The van der Waals surface area contributed by atoms with E-state index in [9.17, 15) is 9.59 Å². The molecule has 6 heteroatoms. The smallest absolute Gasteiger partial charge is 0.251 e. The third-order valence-electron chi connectivity index (χ3n) is 4.82. The fraction of sp³-hybridized carbons (Fsp3) is 0.333. The maximum Gasteiger partial charge on any atom is 0.251 e. The summed E-state index contributed by atoms with van der Waals surface area (Å²) in [5.41, 5.74) is 2.37. The van der Waals surface area contributed by atoms with Crippen LogP contribution >= 0.6 is 0 Å². The molecule has 6 nitrogen and oxygen atoms in total. The van der Waals surface area contributed by atoms with Crippen LogP contribution in [0.25, 0.3) is 0 Å². The minimum atomic E-state index is -0.151. The number of carbonyl (C=O) groups excluding carboxylic acids is 2. The quantitative estimate of drug-likeness (QED) is 0.903. The average molecular weight is 366 g/mol. The highest BCUT2D eigenvalue weighted by Gasteiger charge is 2.19. The van der Waals surface area contributed by atoms with Gasteiger partial charge in [-0.25, -0.2) is 0 Å². The van der Waals surface area contributed by atoms with Crippen molar-refractivity contribution in [1.82, 2.24) is 5.32 Å². The van der Waals surface area contributed by atoms with Crippen molar-refractivity contribution in [2.24, 2.45) is 0 Å². The Bertz CT molecular complexity index is 848. The van der Waals surface area contributed by atoms with Crippen LogP contribution in [0.1, 0.15) is 35.2 Å². The van der Waals surface area contributed by atoms with E-state index in [1.54, 1.807) is 17.0 Å². The highest BCUT2D eigenvalue weighted by molar-refractivity contribution is 5.96. The first-order valence-electron chi connectivity index (χ1n) is 9.28. The van der Waals surface area contributed by atoms with E-state index >= 15 is 0 Å². The summed E-state index contributed by atoms with van der Waals surface area (Å²) >= 11 is 0. The molecular weight excluding hydrogens is 344 g/mol. The Balaban J connectivity index is 1.37. The van der Waals surface area contributed by atoms with Gasteiger partial charge in [0.15, 0.2) is 11.5 Å². The van der Waals surface area contributed by atoms with Crippen molar-refractivity contribution in [1.29, 1.82) is 0 Å². The van der Waals surface area contributed by atoms with Gasteiger partial charge in [-0.3, -0.25) is 9.59 Å². The van der Waals surface area contributed by atoms with Gasteiger partial charge >= 0.3 is 0 Å². The number of anilines is 1. The van der Waals surface area contributed by atoms with E-state index in [0.717, 1.165) is 36.4 Å². The van der Waals surface area contributed by atoms with Gasteiger partial charge in [-0.1, -0.05) is 6.07 Å². The van der Waals surface area contributed by atoms with Crippen molar-refractivity contribution in [2.45, 2.75) is 25.8 Å². The van der Waals surface area contributed by atoms with Gasteiger partial charge in [0.2, 0.25) is 5.91 Å². The lowest BCUT2D eigenvalue weighted by Gasteiger charge is -2.26. The number of nitrogens with one attached hydrogen (secondary N) is 1. The molecule has 2 amide bonds. The number of hydrogen-bond donors (Lipinski definition) is 1. The van der Waals surface area contributed by atoms with Gasteiger partial charge < -0.3 is 19.7 Å². The topological polar surface area (TPSA) is 67.9 Å². The molecule has 4 rings (SSSR count). The normalized spacial score (nSPS) is 16.1. The maximum atomic E-state index is 12.4. The zero-order chi connectivity index (χ0) is 18.6. The summed E-state index contributed by atoms with van der Waals surface area (Å²) in [7, 11) is 0. The van der Waals surface area contributed by atoms with Gasteiger partial charge in [0, 0.05) is 30.8 Å². The van der Waals surface area contributed by atoms with Crippen LogP contribution in [-0.2, 0) is 11.3 Å². The maximum absolute atomic E-state index is 12.4. The number of rotatable bonds is 4. The van der Waals surface area contributed by atoms with Crippen LogP contribution in [0.4, 0.5) is 5.69 Å². The highest BCUT2D eigenvalue weighted by atomic mass is 16.6. The summed E-state index contributed by atoms with van der Waals surface area (Å²) in [6.45, 7) is 2.24. The van der Waals surface area contributed by atoms with Gasteiger partial charge in [-0.05, 0) is 54.8 Å². The molecule has 0 saturated carbocycles. The van der Waals surface area contributed by atoms with Crippen molar-refractivity contribution >= 4 is 17.5 Å². The molecule has 2 aliphatic heterocycles. The van der Waals surface area contributed by atoms with E-state index in [2.05, 4.69) is 5.32 Å². The molecule has 1 N–H and O–H groups in total. The van der Waals surface area contributed by atoms with E-state index in [0.29, 0.717) is 37.5 Å². The predicted octanol–water partition coefficient (Wildman–Crippen LogP) is 2.90. The first-order chi connectivity index (χ1) is 13.2. The monoisotopic (exact) mass is 366 g/mol. The van der Waals surface area contributed by atoms with Crippen molar-refractivity contribution in [3.05, 3.63) is 53.6 Å². The average Bonchev–Trinajstić information content (AvgIpc) is 2.72. The van der Waals surface area contributed by atoms with Crippen molar-refractivity contribution in [3.63, 3.8) is 0 Å². The summed E-state index contributed by atoms with van der Waals surface area (Å²) in [5, 5.41) is 2.91. The van der Waals surface area contributed by atoms with Crippen molar-refractivity contribution in [2.75, 3.05) is 24.7 Å². The van der Waals surface area contributed by atoms with Gasteiger partial charge in [-0.15, -0.1) is 0 Å². The number of fused-ring (bicyclic) bond motifs is 1. The largest absolute Gasteiger partial charge is 0.486 e. The molecule has 27 heavy (non-hydrogen) atoms. The van der Waals surface area contributed by atoms with Crippen LogP contribution in [0.2, 0.25) is 0 Å². The first-order valence-corrected chi connectivity index (χ1v) is 9.28. The fourth-order valence-electron chi connectivity index (χ4n) is 3.35. The molecule has 2 aromatic rings. The molecule has 2 aliphatic rings. The molecule has 140 valence electrons. The predicted molar refractivity (Wildman–Crippen MR) is 101 cm³/mol. The lowest BCUT2D eigenvalue weighted by molar-refractivity contribution is -0.119. The third-order valence-corrected chi connectivity index (χ3v) is 4.82. The summed E-state index contributed by atoms with van der Waals surface area (Å²) in [4.78, 5) is 26.2. The van der Waals surface area contributed by atoms with Crippen LogP contribution < -0.4 is 19.7 Å². The fourth-order valence-corrected chi connectivity index (χ4v) is 3.35. The lowest BCUT2D eigenvalue weighted by Crippen LogP contribution is -2.35. The van der Waals surface area contributed by atoms with E-state index in [-0.39, 0.29) is 11.8 Å². The zero-order valence-electron chi connectivity index (χ0n) is 15.1. The van der Waals surface area contributed by atoms with Gasteiger partial charge in [0.25, 0.3) is 5.91 Å². The van der Waals surface area contributed by atoms with Crippen LogP contribution in [0.5, 0.6) is 11.5 Å². The van der Waals surface area contributed by atoms with E-state index in [1.165, 1.54) is 0 Å². The van der Waals surface area contributed by atoms with E-state index in [4.69, 9.17) is 9.47 Å². The SMILES string of the molecule is O=C(NCc1ccc2c(c1)OCCO2)c1ccc(N2CCCCC2=O)cc1. The Morgan fingerprint density at radius 3 is 2.56 bits per heavy atom. The Morgan fingerprint density at radius 1 is 1.00 bits per heavy atom. The second kappa shape index (κ2) is 7.70. The summed E-state index contributed by atoms with van der Waals surface area (Å²) in [6, 6.07) is 12.9. The van der Waals surface area contributed by atoms with Gasteiger partial charge in [0.1, 0.15) is 13.2 Å². The molecule has 0 aromatic heterocycles. The van der Waals surface area contributed by atoms with Crippen LogP contribution in [0.15, 0.2) is 42.5 Å². The summed E-state index contributed by atoms with van der Waals surface area (Å²) < 4.78 is 11.1. The number of amides is 2. The third kappa shape index (κ3) is 3.89. The molecule has 2 aromatic carbocycles. The van der Waals surface area contributed by atoms with Crippen molar-refractivity contribution in [3.8, 4) is 11.5 Å². The molecule has 0 radical (unpaired) electrons. The molecule has 0 spiro atoms. The Labute approximate surface area is 158 Å². The lowest BCUT2D eigenvalue weighted by atomic mass is 10.1. The molecule has 0 unspecified atom stereocenters. The Morgan fingerprint density at radius 2 is 1.78 bits per heavy atom. The van der Waals surface area contributed by atoms with Crippen molar-refractivity contribution < 1.29 is 19.1 Å². The van der Waals surface area contributed by atoms with Crippen LogP contribution in [0, 0.1) is 0 Å². The highest BCUT2D eigenvalue weighted by Crippen LogP contribution is 2.30. The number of nitrogens with zero attached hydrogens (tertiary/aromatic N) is 1. The standard InChI is InChI=1S/C21H22N2O4/c24-20-3-1-2-10-23(20)17-7-5-16(6-8-17)21(25)22-14-15-4-9-18-19(13-15)27-12-11-26-18/h4-9,13H,1-3,10-12,14H2,(H,22,25). The van der Waals surface area contributed by atoms with Gasteiger partial charge in [0.05, 0.1) is 0 Å². The number of piperidine rings is 1. The molecule has 1 saturated heterocycles. The minimum absolute atomic E-state index is 0.150.